The molecule has 0 aliphatic carbocycles. The van der Waals surface area contributed by atoms with Crippen LogP contribution in [0.5, 0.6) is 0 Å². The van der Waals surface area contributed by atoms with E-state index in [1.165, 1.54) is 12.1 Å². The first-order valence-corrected chi connectivity index (χ1v) is 8.35. The zero-order chi connectivity index (χ0) is 16.5. The molecule has 0 heterocycles. The quantitative estimate of drug-likeness (QED) is 0.822. The summed E-state index contributed by atoms with van der Waals surface area (Å²) in [6.45, 7) is 1.79. The Kier molecular flexibility index (Phi) is 4.81. The van der Waals surface area contributed by atoms with Crippen LogP contribution < -0.4 is 4.72 Å². The highest BCUT2D eigenvalue weighted by Crippen LogP contribution is 2.32. The van der Waals surface area contributed by atoms with Crippen molar-refractivity contribution in [3.63, 3.8) is 0 Å². The highest BCUT2D eigenvalue weighted by Gasteiger charge is 2.20. The summed E-state index contributed by atoms with van der Waals surface area (Å²) in [5.74, 6) is -1.08. The topological polar surface area (TPSA) is 46.2 Å². The lowest BCUT2D eigenvalue weighted by Crippen LogP contribution is -2.14. The van der Waals surface area contributed by atoms with Gasteiger partial charge in [0.05, 0.1) is 10.6 Å². The van der Waals surface area contributed by atoms with E-state index in [1.807, 2.05) is 0 Å². The molecular formula is C14H11BrF3NO2S. The number of rotatable bonds is 4. The summed E-state index contributed by atoms with van der Waals surface area (Å²) in [5, 5.41) is 0. The van der Waals surface area contributed by atoms with Crippen molar-refractivity contribution in [2.75, 3.05) is 4.72 Å². The maximum atomic E-state index is 13.9. The fourth-order valence-corrected chi connectivity index (χ4v) is 3.50. The Bertz CT molecular complexity index is 769. The van der Waals surface area contributed by atoms with Crippen molar-refractivity contribution in [1.29, 1.82) is 0 Å². The maximum absolute atomic E-state index is 13.9. The summed E-state index contributed by atoms with van der Waals surface area (Å²) in [6.07, 6.45) is -2.85. The zero-order valence-corrected chi connectivity index (χ0v) is 13.7. The molecule has 8 heteroatoms. The van der Waals surface area contributed by atoms with Crippen molar-refractivity contribution in [2.45, 2.75) is 18.2 Å². The molecule has 2 aromatic rings. The Morgan fingerprint density at radius 3 is 2.23 bits per heavy atom. The standard InChI is InChI=1S/C14H11BrF3NO2S/c1-8-2-4-10(5-3-8)22(20,21)19-13-11(15)6-9(14(17)18)7-12(13)16/h2-7,14,19H,1H3. The summed E-state index contributed by atoms with van der Waals surface area (Å²) in [5.41, 5.74) is -0.0831. The van der Waals surface area contributed by atoms with E-state index in [2.05, 4.69) is 20.7 Å². The van der Waals surface area contributed by atoms with Gasteiger partial charge < -0.3 is 0 Å². The lowest BCUT2D eigenvalue weighted by atomic mass is 10.2. The Morgan fingerprint density at radius 1 is 1.14 bits per heavy atom. The molecule has 0 bridgehead atoms. The van der Waals surface area contributed by atoms with Crippen LogP contribution in [0.3, 0.4) is 0 Å². The second-order valence-corrected chi connectivity index (χ2v) is 7.12. The first-order valence-electron chi connectivity index (χ1n) is 6.07. The average Bonchev–Trinajstić information content (AvgIpc) is 2.43. The third-order valence-electron chi connectivity index (χ3n) is 2.88. The molecule has 0 saturated carbocycles. The highest BCUT2D eigenvalue weighted by atomic mass is 79.9. The monoisotopic (exact) mass is 393 g/mol. The molecule has 2 aromatic carbocycles. The van der Waals surface area contributed by atoms with E-state index in [-0.39, 0.29) is 9.37 Å². The van der Waals surface area contributed by atoms with Gasteiger partial charge in [-0.3, -0.25) is 4.72 Å². The number of hydrogen-bond acceptors (Lipinski definition) is 2. The number of nitrogens with one attached hydrogen (secondary N) is 1. The van der Waals surface area contributed by atoms with Gasteiger partial charge in [0.2, 0.25) is 0 Å². The van der Waals surface area contributed by atoms with Crippen LogP contribution in [0.4, 0.5) is 18.9 Å². The summed E-state index contributed by atoms with van der Waals surface area (Å²) >= 11 is 2.90. The van der Waals surface area contributed by atoms with Gasteiger partial charge in [-0.25, -0.2) is 21.6 Å². The largest absolute Gasteiger partial charge is 0.275 e. The Balaban J connectivity index is 2.40. The second kappa shape index (κ2) is 6.29. The average molecular weight is 394 g/mol. The minimum Gasteiger partial charge on any atom is -0.275 e. The molecule has 1 N–H and O–H groups in total. The molecule has 0 fully saturated rings. The lowest BCUT2D eigenvalue weighted by Gasteiger charge is -2.12. The Morgan fingerprint density at radius 2 is 1.73 bits per heavy atom. The van der Waals surface area contributed by atoms with Gasteiger partial charge in [-0.2, -0.15) is 0 Å². The van der Waals surface area contributed by atoms with Crippen LogP contribution in [-0.2, 0) is 10.0 Å². The van der Waals surface area contributed by atoms with E-state index >= 15 is 0 Å². The van der Waals surface area contributed by atoms with E-state index in [4.69, 9.17) is 0 Å². The highest BCUT2D eigenvalue weighted by molar-refractivity contribution is 9.10. The van der Waals surface area contributed by atoms with Crippen LogP contribution in [0.1, 0.15) is 17.6 Å². The molecule has 22 heavy (non-hydrogen) atoms. The first-order chi connectivity index (χ1) is 10.2. The summed E-state index contributed by atoms with van der Waals surface area (Å²) < 4.78 is 65.4. The molecule has 0 atom stereocenters. The van der Waals surface area contributed by atoms with E-state index < -0.39 is 33.5 Å². The lowest BCUT2D eigenvalue weighted by molar-refractivity contribution is 0.151. The predicted octanol–water partition coefficient (Wildman–Crippen LogP) is 4.64. The van der Waals surface area contributed by atoms with Crippen LogP contribution >= 0.6 is 15.9 Å². The molecule has 0 spiro atoms. The van der Waals surface area contributed by atoms with Gasteiger partial charge in [0.1, 0.15) is 5.82 Å². The van der Waals surface area contributed by atoms with Gasteiger partial charge in [0.25, 0.3) is 16.4 Å². The molecule has 118 valence electrons. The minimum absolute atomic E-state index is 0.0534. The van der Waals surface area contributed by atoms with Gasteiger partial charge in [-0.1, -0.05) is 17.7 Å². The number of sulfonamides is 1. The minimum atomic E-state index is -4.02. The zero-order valence-electron chi connectivity index (χ0n) is 11.3. The van der Waals surface area contributed by atoms with Crippen LogP contribution in [0, 0.1) is 12.7 Å². The van der Waals surface area contributed by atoms with Gasteiger partial charge >= 0.3 is 0 Å². The van der Waals surface area contributed by atoms with Crippen molar-refractivity contribution >= 4 is 31.6 Å². The van der Waals surface area contributed by atoms with Gasteiger partial charge in [0, 0.05) is 10.0 Å². The van der Waals surface area contributed by atoms with Crippen LogP contribution in [0.25, 0.3) is 0 Å². The van der Waals surface area contributed by atoms with Gasteiger partial charge in [0.15, 0.2) is 0 Å². The van der Waals surface area contributed by atoms with Crippen LogP contribution in [-0.4, -0.2) is 8.42 Å². The molecule has 0 saturated heterocycles. The first kappa shape index (κ1) is 16.8. The van der Waals surface area contributed by atoms with E-state index in [1.54, 1.807) is 19.1 Å². The SMILES string of the molecule is Cc1ccc(S(=O)(=O)Nc2c(F)cc(C(F)F)cc2Br)cc1. The molecule has 0 aromatic heterocycles. The van der Waals surface area contributed by atoms with Crippen molar-refractivity contribution in [3.8, 4) is 0 Å². The number of aryl methyl sites for hydroxylation is 1. The third-order valence-corrected chi connectivity index (χ3v) is 4.88. The Labute approximate surface area is 134 Å². The number of alkyl halides is 2. The number of hydrogen-bond donors (Lipinski definition) is 1. The second-order valence-electron chi connectivity index (χ2n) is 4.58. The smallest absolute Gasteiger partial charge is 0.263 e. The van der Waals surface area contributed by atoms with E-state index in [0.717, 1.165) is 11.6 Å². The molecule has 0 radical (unpaired) electrons. The molecule has 2 rings (SSSR count). The summed E-state index contributed by atoms with van der Waals surface area (Å²) in [6, 6.07) is 7.51. The van der Waals surface area contributed by atoms with Crippen LogP contribution in [0.2, 0.25) is 0 Å². The predicted molar refractivity (Wildman–Crippen MR) is 81.0 cm³/mol. The number of halogens is 4. The Hall–Kier alpha value is -1.54. The summed E-state index contributed by atoms with van der Waals surface area (Å²) in [4.78, 5) is -0.0534. The third kappa shape index (κ3) is 3.61. The van der Waals surface area contributed by atoms with Crippen molar-refractivity contribution < 1.29 is 21.6 Å². The fraction of sp³-hybridized carbons (Fsp3) is 0.143. The molecule has 3 nitrogen and oxygen atoms in total. The van der Waals surface area contributed by atoms with E-state index in [0.29, 0.717) is 6.07 Å². The molecular weight excluding hydrogens is 383 g/mol. The molecule has 0 aliphatic rings. The normalized spacial score (nSPS) is 11.7. The molecule has 0 unspecified atom stereocenters. The summed E-state index contributed by atoms with van der Waals surface area (Å²) in [7, 11) is -4.02. The fourth-order valence-electron chi connectivity index (χ4n) is 1.73. The van der Waals surface area contributed by atoms with Crippen molar-refractivity contribution in [3.05, 3.63) is 57.8 Å². The van der Waals surface area contributed by atoms with E-state index in [9.17, 15) is 21.6 Å². The van der Waals surface area contributed by atoms with Crippen LogP contribution in [0.15, 0.2) is 45.8 Å². The molecule has 0 amide bonds. The number of anilines is 1. The number of benzene rings is 2. The van der Waals surface area contributed by atoms with Crippen molar-refractivity contribution in [1.82, 2.24) is 0 Å². The van der Waals surface area contributed by atoms with Crippen molar-refractivity contribution in [2.24, 2.45) is 0 Å². The maximum Gasteiger partial charge on any atom is 0.263 e. The molecule has 0 aliphatic heterocycles. The van der Waals surface area contributed by atoms with Gasteiger partial charge in [-0.15, -0.1) is 0 Å². The van der Waals surface area contributed by atoms with Gasteiger partial charge in [-0.05, 0) is 47.1 Å².